The van der Waals surface area contributed by atoms with Crippen LogP contribution in [-0.2, 0) is 9.47 Å². The van der Waals surface area contributed by atoms with Crippen LogP contribution in [-0.4, -0.2) is 23.9 Å². The molecule has 5 rings (SSSR count). The molecule has 220 valence electrons. The molecule has 1 heterocycles. The largest absolute Gasteiger partial charge is 0.375 e. The first-order chi connectivity index (χ1) is 17.6. The van der Waals surface area contributed by atoms with Crippen molar-refractivity contribution in [2.24, 2.45) is 63.1 Å². The Hall–Kier alpha value is -0.0800. The molecule has 4 aliphatic carbocycles. The number of hydrogen-bond donors (Lipinski definition) is 0. The van der Waals surface area contributed by atoms with Crippen molar-refractivity contribution in [3.05, 3.63) is 0 Å². The van der Waals surface area contributed by atoms with Crippen LogP contribution in [0, 0.1) is 63.1 Å². The SMILES string of the molecule is CCC(C)CC(C)C1(C)OC2CC3(C)C4CCC5CC(OC(C)C)C(C)C[C@]5(C)C4CC[C@]3(C)C2(C)[C@@H]1C. The van der Waals surface area contributed by atoms with Crippen LogP contribution in [0.1, 0.15) is 141 Å². The zero-order valence-electron chi connectivity index (χ0n) is 27.5. The van der Waals surface area contributed by atoms with E-state index in [4.69, 9.17) is 9.47 Å². The van der Waals surface area contributed by atoms with E-state index in [9.17, 15) is 0 Å². The van der Waals surface area contributed by atoms with Crippen LogP contribution < -0.4 is 0 Å². The normalized spacial score (nSPS) is 55.7. The lowest BCUT2D eigenvalue weighted by molar-refractivity contribution is -0.197. The van der Waals surface area contributed by atoms with E-state index in [1.54, 1.807) is 0 Å². The van der Waals surface area contributed by atoms with E-state index in [2.05, 4.69) is 83.1 Å². The van der Waals surface area contributed by atoms with Gasteiger partial charge in [0.1, 0.15) is 0 Å². The zero-order valence-corrected chi connectivity index (χ0v) is 27.5. The number of hydrogen-bond acceptors (Lipinski definition) is 2. The van der Waals surface area contributed by atoms with Crippen LogP contribution in [0.3, 0.4) is 0 Å². The van der Waals surface area contributed by atoms with E-state index >= 15 is 0 Å². The number of ether oxygens (including phenoxy) is 2. The quantitative estimate of drug-likeness (QED) is 0.341. The van der Waals surface area contributed by atoms with Crippen molar-refractivity contribution in [3.8, 4) is 0 Å². The summed E-state index contributed by atoms with van der Waals surface area (Å²) in [5, 5.41) is 0. The summed E-state index contributed by atoms with van der Waals surface area (Å²) in [6, 6.07) is 0. The van der Waals surface area contributed by atoms with Gasteiger partial charge in [0, 0.05) is 5.41 Å². The third-order valence-corrected chi connectivity index (χ3v) is 15.5. The Morgan fingerprint density at radius 1 is 0.895 bits per heavy atom. The fraction of sp³-hybridized carbons (Fsp3) is 1.00. The van der Waals surface area contributed by atoms with Crippen molar-refractivity contribution in [2.45, 2.75) is 165 Å². The third-order valence-electron chi connectivity index (χ3n) is 15.5. The Morgan fingerprint density at radius 3 is 2.21 bits per heavy atom. The topological polar surface area (TPSA) is 18.5 Å². The summed E-state index contributed by atoms with van der Waals surface area (Å²) in [6.45, 7) is 30.2. The molecule has 4 saturated carbocycles. The third kappa shape index (κ3) is 3.76. The Balaban J connectivity index is 1.42. The van der Waals surface area contributed by atoms with Crippen LogP contribution in [0.5, 0.6) is 0 Å². The van der Waals surface area contributed by atoms with E-state index in [0.29, 0.717) is 52.3 Å². The molecule has 0 N–H and O–H groups in total. The molecule has 11 unspecified atom stereocenters. The van der Waals surface area contributed by atoms with Gasteiger partial charge in [0.15, 0.2) is 0 Å². The average molecular weight is 529 g/mol. The van der Waals surface area contributed by atoms with Crippen molar-refractivity contribution in [3.63, 3.8) is 0 Å². The maximum Gasteiger partial charge on any atom is 0.0715 e. The van der Waals surface area contributed by atoms with Crippen molar-refractivity contribution < 1.29 is 9.47 Å². The van der Waals surface area contributed by atoms with Gasteiger partial charge in [-0.2, -0.15) is 0 Å². The molecule has 2 nitrogen and oxygen atoms in total. The Bertz CT molecular complexity index is 883. The van der Waals surface area contributed by atoms with E-state index in [-0.39, 0.29) is 11.0 Å². The molecule has 1 aliphatic heterocycles. The molecule has 0 aromatic heterocycles. The second-order valence-corrected chi connectivity index (χ2v) is 17.1. The molecule has 0 spiro atoms. The number of fused-ring (bicyclic) bond motifs is 7. The van der Waals surface area contributed by atoms with Crippen LogP contribution in [0.15, 0.2) is 0 Å². The van der Waals surface area contributed by atoms with E-state index in [1.165, 1.54) is 57.8 Å². The number of rotatable bonds is 6. The highest BCUT2D eigenvalue weighted by molar-refractivity contribution is 5.25. The van der Waals surface area contributed by atoms with Gasteiger partial charge in [-0.15, -0.1) is 0 Å². The predicted octanol–water partition coefficient (Wildman–Crippen LogP) is 9.94. The maximum atomic E-state index is 7.38. The summed E-state index contributed by atoms with van der Waals surface area (Å²) in [7, 11) is 0. The van der Waals surface area contributed by atoms with Gasteiger partial charge in [-0.05, 0) is 130 Å². The van der Waals surface area contributed by atoms with Crippen molar-refractivity contribution in [1.82, 2.24) is 0 Å². The van der Waals surface area contributed by atoms with E-state index in [0.717, 1.165) is 23.7 Å². The molecule has 0 aromatic carbocycles. The fourth-order valence-electron chi connectivity index (χ4n) is 12.4. The van der Waals surface area contributed by atoms with Crippen molar-refractivity contribution >= 4 is 0 Å². The minimum atomic E-state index is -0.00208. The van der Waals surface area contributed by atoms with Crippen molar-refractivity contribution in [2.75, 3.05) is 0 Å². The van der Waals surface area contributed by atoms with Gasteiger partial charge in [-0.1, -0.05) is 68.7 Å². The molecule has 0 amide bonds. The van der Waals surface area contributed by atoms with Crippen LogP contribution >= 0.6 is 0 Å². The molecular formula is C36H64O2. The lowest BCUT2D eigenvalue weighted by Gasteiger charge is -2.67. The first kappa shape index (κ1) is 29.4. The van der Waals surface area contributed by atoms with Gasteiger partial charge < -0.3 is 9.47 Å². The van der Waals surface area contributed by atoms with Gasteiger partial charge in [0.25, 0.3) is 0 Å². The predicted molar refractivity (Wildman–Crippen MR) is 160 cm³/mol. The summed E-state index contributed by atoms with van der Waals surface area (Å²) in [5.74, 6) is 5.22. The lowest BCUT2D eigenvalue weighted by Crippen LogP contribution is -2.61. The van der Waals surface area contributed by atoms with Gasteiger partial charge in [-0.25, -0.2) is 0 Å². The monoisotopic (exact) mass is 528 g/mol. The molecule has 38 heavy (non-hydrogen) atoms. The average Bonchev–Trinajstić information content (AvgIpc) is 3.14. The first-order valence-electron chi connectivity index (χ1n) is 16.9. The van der Waals surface area contributed by atoms with E-state index in [1.807, 2.05) is 0 Å². The Labute approximate surface area is 237 Å². The van der Waals surface area contributed by atoms with Gasteiger partial charge in [-0.3, -0.25) is 0 Å². The first-order valence-corrected chi connectivity index (χ1v) is 16.9. The highest BCUT2D eigenvalue weighted by atomic mass is 16.5. The molecule has 5 fully saturated rings. The molecule has 1 saturated heterocycles. The van der Waals surface area contributed by atoms with Crippen molar-refractivity contribution in [1.29, 1.82) is 0 Å². The van der Waals surface area contributed by atoms with Crippen LogP contribution in [0.2, 0.25) is 0 Å². The molecule has 5 aliphatic rings. The van der Waals surface area contributed by atoms with E-state index < -0.39 is 0 Å². The summed E-state index contributed by atoms with van der Waals surface area (Å²) >= 11 is 0. The second-order valence-electron chi connectivity index (χ2n) is 17.1. The molecule has 0 aromatic rings. The molecule has 0 bridgehead atoms. The Morgan fingerprint density at radius 2 is 1.58 bits per heavy atom. The highest BCUT2D eigenvalue weighted by Gasteiger charge is 2.77. The summed E-state index contributed by atoms with van der Waals surface area (Å²) < 4.78 is 13.8. The minimum Gasteiger partial charge on any atom is -0.375 e. The minimum absolute atomic E-state index is 0.00208. The van der Waals surface area contributed by atoms with Gasteiger partial charge >= 0.3 is 0 Å². The van der Waals surface area contributed by atoms with Crippen LogP contribution in [0.4, 0.5) is 0 Å². The molecule has 14 atom stereocenters. The smallest absolute Gasteiger partial charge is 0.0715 e. The molecule has 0 radical (unpaired) electrons. The summed E-state index contributed by atoms with van der Waals surface area (Å²) in [5.41, 5.74) is 1.48. The summed E-state index contributed by atoms with van der Waals surface area (Å²) in [4.78, 5) is 0. The second kappa shape index (κ2) is 9.47. The molecular weight excluding hydrogens is 464 g/mol. The van der Waals surface area contributed by atoms with Crippen LogP contribution in [0.25, 0.3) is 0 Å². The zero-order chi connectivity index (χ0) is 28.1. The maximum absolute atomic E-state index is 7.38. The molecule has 2 heteroatoms. The summed E-state index contributed by atoms with van der Waals surface area (Å²) in [6.07, 6.45) is 13.4. The Kier molecular flexibility index (Phi) is 7.33. The van der Waals surface area contributed by atoms with Gasteiger partial charge in [0.2, 0.25) is 0 Å². The lowest BCUT2D eigenvalue weighted by atomic mass is 9.38. The fourth-order valence-corrected chi connectivity index (χ4v) is 12.4. The standard InChI is InChI=1S/C36H64O2/c1-13-23(4)18-25(6)36(12)26(7)35(11)31(38-36)21-33(9)29-15-14-27-19-30(37-22(2)3)24(5)20-32(27,8)28(29)16-17-34(33,35)10/h22-31H,13-21H2,1-12H3/t23?,24?,25?,26-,27?,28?,29?,30?,31?,32-,33?,34-,35?,36?/m0/s1. The van der Waals surface area contributed by atoms with Gasteiger partial charge in [0.05, 0.1) is 23.9 Å². The highest BCUT2D eigenvalue weighted by Crippen LogP contribution is 2.80.